The third kappa shape index (κ3) is 3.35. The van der Waals surface area contributed by atoms with E-state index in [1.807, 2.05) is 12.1 Å². The van der Waals surface area contributed by atoms with E-state index in [-0.39, 0.29) is 6.61 Å². The fourth-order valence-electron chi connectivity index (χ4n) is 2.02. The number of rotatable bonds is 3. The van der Waals surface area contributed by atoms with Crippen molar-refractivity contribution in [3.05, 3.63) is 28.2 Å². The zero-order chi connectivity index (χ0) is 14.8. The van der Waals surface area contributed by atoms with E-state index in [0.717, 1.165) is 15.2 Å². The molecule has 1 aliphatic rings. The van der Waals surface area contributed by atoms with Gasteiger partial charge in [-0.15, -0.1) is 11.3 Å². The number of carbonyl (C=O) groups excluding carboxylic acids is 1. The molecule has 0 bridgehead atoms. The molecule has 7 heteroatoms. The van der Waals surface area contributed by atoms with Crippen LogP contribution in [0.25, 0.3) is 10.2 Å². The average Bonchev–Trinajstić information content (AvgIpc) is 2.91. The van der Waals surface area contributed by atoms with E-state index < -0.39 is 18.2 Å². The largest absolute Gasteiger partial charge is 0.453 e. The summed E-state index contributed by atoms with van der Waals surface area (Å²) in [4.78, 5) is 16.4. The van der Waals surface area contributed by atoms with Crippen molar-refractivity contribution in [3.63, 3.8) is 0 Å². The molecule has 3 rings (SSSR count). The number of carbonyl (C=O) groups is 1. The molecule has 21 heavy (non-hydrogen) atoms. The van der Waals surface area contributed by atoms with Crippen molar-refractivity contribution in [2.24, 2.45) is 0 Å². The molecule has 1 fully saturated rings. The minimum atomic E-state index is -0.648. The summed E-state index contributed by atoms with van der Waals surface area (Å²) in [7, 11) is 0. The van der Waals surface area contributed by atoms with Gasteiger partial charge in [0.1, 0.15) is 5.01 Å². The molecule has 0 spiro atoms. The van der Waals surface area contributed by atoms with Crippen molar-refractivity contribution in [1.29, 1.82) is 0 Å². The van der Waals surface area contributed by atoms with Gasteiger partial charge in [-0.2, -0.15) is 0 Å². The highest BCUT2D eigenvalue weighted by Gasteiger charge is 2.27. The van der Waals surface area contributed by atoms with E-state index >= 15 is 0 Å². The van der Waals surface area contributed by atoms with Gasteiger partial charge in [-0.1, -0.05) is 11.6 Å². The van der Waals surface area contributed by atoms with E-state index in [9.17, 15) is 4.79 Å². The summed E-state index contributed by atoms with van der Waals surface area (Å²) in [5.74, 6) is -0.417. The highest BCUT2D eigenvalue weighted by atomic mass is 35.5. The molecule has 1 aliphatic heterocycles. The van der Waals surface area contributed by atoms with Crippen LogP contribution in [0.15, 0.2) is 18.2 Å². The molecule has 1 aromatic carbocycles. The summed E-state index contributed by atoms with van der Waals surface area (Å²) in [6.07, 6.45) is -1.08. The van der Waals surface area contributed by atoms with Gasteiger partial charge in [0.2, 0.25) is 0 Å². The van der Waals surface area contributed by atoms with Gasteiger partial charge >= 0.3 is 5.97 Å². The van der Waals surface area contributed by atoms with Crippen LogP contribution in [0.1, 0.15) is 18.0 Å². The van der Waals surface area contributed by atoms with Crippen LogP contribution in [0, 0.1) is 0 Å². The van der Waals surface area contributed by atoms with Crippen LogP contribution >= 0.6 is 22.9 Å². The molecule has 0 aliphatic carbocycles. The average molecular weight is 328 g/mol. The van der Waals surface area contributed by atoms with Crippen LogP contribution in [0.3, 0.4) is 0 Å². The SMILES string of the molecule is C[C@H](OC(=O)[C@@H]1COCCO1)c1nc2cc(Cl)ccc2s1. The zero-order valence-corrected chi connectivity index (χ0v) is 12.9. The molecule has 0 N–H and O–H groups in total. The van der Waals surface area contributed by atoms with E-state index in [1.54, 1.807) is 13.0 Å². The van der Waals surface area contributed by atoms with Gasteiger partial charge in [0.15, 0.2) is 12.2 Å². The topological polar surface area (TPSA) is 57.7 Å². The van der Waals surface area contributed by atoms with E-state index in [1.165, 1.54) is 11.3 Å². The van der Waals surface area contributed by atoms with Gasteiger partial charge in [0.05, 0.1) is 30.0 Å². The number of esters is 1. The molecule has 1 aromatic heterocycles. The third-order valence-corrected chi connectivity index (χ3v) is 4.52. The first-order valence-corrected chi connectivity index (χ1v) is 7.79. The Bertz CT molecular complexity index is 653. The molecule has 0 amide bonds. The van der Waals surface area contributed by atoms with Crippen LogP contribution < -0.4 is 0 Å². The molecule has 112 valence electrons. The molecular weight excluding hydrogens is 314 g/mol. The summed E-state index contributed by atoms with van der Waals surface area (Å²) in [5, 5.41) is 1.37. The van der Waals surface area contributed by atoms with Crippen molar-refractivity contribution < 1.29 is 19.0 Å². The summed E-state index contributed by atoms with van der Waals surface area (Å²) in [6, 6.07) is 5.52. The third-order valence-electron chi connectivity index (χ3n) is 3.09. The molecule has 2 heterocycles. The smallest absolute Gasteiger partial charge is 0.338 e. The number of ether oxygens (including phenoxy) is 3. The van der Waals surface area contributed by atoms with E-state index in [0.29, 0.717) is 18.2 Å². The second kappa shape index (κ2) is 6.27. The number of halogens is 1. The number of fused-ring (bicyclic) bond motifs is 1. The van der Waals surface area contributed by atoms with Gasteiger partial charge in [-0.05, 0) is 25.1 Å². The van der Waals surface area contributed by atoms with Crippen LogP contribution in [-0.2, 0) is 19.0 Å². The Hall–Kier alpha value is -1.21. The summed E-state index contributed by atoms with van der Waals surface area (Å²) in [6.45, 7) is 2.95. The van der Waals surface area contributed by atoms with Crippen molar-refractivity contribution in [2.75, 3.05) is 19.8 Å². The van der Waals surface area contributed by atoms with Gasteiger partial charge in [0, 0.05) is 5.02 Å². The minimum absolute atomic E-state index is 0.237. The summed E-state index contributed by atoms with van der Waals surface area (Å²) >= 11 is 7.43. The zero-order valence-electron chi connectivity index (χ0n) is 11.4. The van der Waals surface area contributed by atoms with Crippen molar-refractivity contribution in [3.8, 4) is 0 Å². The van der Waals surface area contributed by atoms with Crippen LogP contribution in [0.2, 0.25) is 5.02 Å². The number of thiazole rings is 1. The Morgan fingerprint density at radius 1 is 1.52 bits per heavy atom. The van der Waals surface area contributed by atoms with Gasteiger partial charge in [-0.3, -0.25) is 0 Å². The summed E-state index contributed by atoms with van der Waals surface area (Å²) < 4.78 is 16.9. The minimum Gasteiger partial charge on any atom is -0.453 e. The Balaban J connectivity index is 1.71. The first-order valence-electron chi connectivity index (χ1n) is 6.59. The lowest BCUT2D eigenvalue weighted by Crippen LogP contribution is -2.37. The molecule has 2 atom stereocenters. The molecule has 2 aromatic rings. The summed E-state index contributed by atoms with van der Waals surface area (Å²) in [5.41, 5.74) is 0.808. The maximum atomic E-state index is 12.0. The molecule has 0 radical (unpaired) electrons. The molecular formula is C14H14ClNO4S. The molecule has 1 saturated heterocycles. The number of hydrogen-bond donors (Lipinski definition) is 0. The molecule has 0 saturated carbocycles. The number of benzene rings is 1. The monoisotopic (exact) mass is 327 g/mol. The lowest BCUT2D eigenvalue weighted by atomic mass is 10.3. The predicted molar refractivity (Wildman–Crippen MR) is 79.7 cm³/mol. The van der Waals surface area contributed by atoms with Crippen LogP contribution in [-0.4, -0.2) is 36.9 Å². The first-order chi connectivity index (χ1) is 10.1. The lowest BCUT2D eigenvalue weighted by Gasteiger charge is -2.22. The fourth-order valence-corrected chi connectivity index (χ4v) is 3.11. The standard InChI is InChI=1S/C14H14ClNO4S/c1-8(20-14(17)11-7-18-4-5-19-11)13-16-10-6-9(15)2-3-12(10)21-13/h2-3,6,8,11H,4-5,7H2,1H3/t8-,11-/m0/s1. The first kappa shape index (κ1) is 14.7. The second-order valence-corrected chi connectivity index (χ2v) is 6.18. The molecule has 5 nitrogen and oxygen atoms in total. The van der Waals surface area contributed by atoms with Crippen molar-refractivity contribution >= 4 is 39.1 Å². The van der Waals surface area contributed by atoms with Gasteiger partial charge in [-0.25, -0.2) is 9.78 Å². The van der Waals surface area contributed by atoms with Crippen LogP contribution in [0.4, 0.5) is 0 Å². The van der Waals surface area contributed by atoms with E-state index in [2.05, 4.69) is 4.98 Å². The Morgan fingerprint density at radius 3 is 3.14 bits per heavy atom. The predicted octanol–water partition coefficient (Wildman–Crippen LogP) is 2.97. The molecule has 0 unspecified atom stereocenters. The second-order valence-electron chi connectivity index (χ2n) is 4.68. The van der Waals surface area contributed by atoms with Gasteiger partial charge < -0.3 is 14.2 Å². The number of aromatic nitrogens is 1. The maximum Gasteiger partial charge on any atom is 0.338 e. The Kier molecular flexibility index (Phi) is 4.40. The van der Waals surface area contributed by atoms with E-state index in [4.69, 9.17) is 25.8 Å². The van der Waals surface area contributed by atoms with Crippen molar-refractivity contribution in [1.82, 2.24) is 4.98 Å². The van der Waals surface area contributed by atoms with Crippen LogP contribution in [0.5, 0.6) is 0 Å². The van der Waals surface area contributed by atoms with Crippen molar-refractivity contribution in [2.45, 2.75) is 19.1 Å². The van der Waals surface area contributed by atoms with Gasteiger partial charge in [0.25, 0.3) is 0 Å². The Morgan fingerprint density at radius 2 is 2.38 bits per heavy atom. The normalized spacial score (nSPS) is 20.4. The maximum absolute atomic E-state index is 12.0. The highest BCUT2D eigenvalue weighted by molar-refractivity contribution is 7.18. The lowest BCUT2D eigenvalue weighted by molar-refractivity contribution is -0.175. The highest BCUT2D eigenvalue weighted by Crippen LogP contribution is 2.30. The number of nitrogens with zero attached hydrogens (tertiary/aromatic N) is 1. The quantitative estimate of drug-likeness (QED) is 0.811. The number of hydrogen-bond acceptors (Lipinski definition) is 6. The fraction of sp³-hybridized carbons (Fsp3) is 0.429. The Labute approximate surface area is 130 Å².